The lowest BCUT2D eigenvalue weighted by Gasteiger charge is -2.39. The fourth-order valence-electron chi connectivity index (χ4n) is 2.45. The summed E-state index contributed by atoms with van der Waals surface area (Å²) in [6.07, 6.45) is 3.33. The van der Waals surface area contributed by atoms with Crippen molar-refractivity contribution in [3.05, 3.63) is 12.2 Å². The fourth-order valence-corrected chi connectivity index (χ4v) is 4.45. The Balaban J connectivity index is 2.84. The molecule has 5 nitrogen and oxygen atoms in total. The second-order valence-corrected chi connectivity index (χ2v) is 13.8. The average molecular weight is 437 g/mol. The molecule has 1 heterocycles. The molecule has 25 heavy (non-hydrogen) atoms. The van der Waals surface area contributed by atoms with E-state index in [-0.39, 0.29) is 23.4 Å². The van der Waals surface area contributed by atoms with Gasteiger partial charge in [0.25, 0.3) is 0 Å². The largest absolute Gasteiger partial charge is 0.466 e. The summed E-state index contributed by atoms with van der Waals surface area (Å²) in [5.74, 6) is -1.09. The third-order valence-electron chi connectivity index (χ3n) is 4.78. The first kappa shape index (κ1) is 22.8. The number of esters is 1. The second kappa shape index (κ2) is 8.65. The van der Waals surface area contributed by atoms with Crippen molar-refractivity contribution < 1.29 is 23.4 Å². The Morgan fingerprint density at radius 1 is 1.32 bits per heavy atom. The molecular weight excluding hydrogens is 404 g/mol. The number of carbonyl (C=O) groups is 1. The zero-order valence-corrected chi connectivity index (χ0v) is 19.3. The molecule has 146 valence electrons. The average Bonchev–Trinajstić information content (AvgIpc) is 2.76. The van der Waals surface area contributed by atoms with Crippen LogP contribution >= 0.6 is 15.9 Å². The van der Waals surface area contributed by atoms with Gasteiger partial charge in [-0.3, -0.25) is 0 Å². The molecule has 0 N–H and O–H groups in total. The van der Waals surface area contributed by atoms with Crippen LogP contribution in [0.1, 0.15) is 41.0 Å². The van der Waals surface area contributed by atoms with Gasteiger partial charge in [-0.25, -0.2) is 4.79 Å². The molecule has 0 bridgehead atoms. The lowest BCUT2D eigenvalue weighted by Crippen LogP contribution is -2.45. The van der Waals surface area contributed by atoms with Gasteiger partial charge < -0.3 is 18.6 Å². The van der Waals surface area contributed by atoms with Gasteiger partial charge in [0.15, 0.2) is 14.1 Å². The van der Waals surface area contributed by atoms with E-state index in [1.54, 1.807) is 6.08 Å². The van der Waals surface area contributed by atoms with E-state index in [1.807, 2.05) is 13.8 Å². The molecule has 1 rings (SSSR count). The minimum atomic E-state index is -1.88. The van der Waals surface area contributed by atoms with Crippen LogP contribution in [0.3, 0.4) is 0 Å². The Bertz CT molecular complexity index is 484. The van der Waals surface area contributed by atoms with Gasteiger partial charge in [0.05, 0.1) is 19.3 Å². The normalized spacial score (nSPS) is 25.3. The summed E-state index contributed by atoms with van der Waals surface area (Å²) >= 11 is 3.57. The first-order valence-electron chi connectivity index (χ1n) is 8.67. The maximum atomic E-state index is 11.4. The minimum Gasteiger partial charge on any atom is -0.466 e. The molecule has 0 aliphatic carbocycles. The van der Waals surface area contributed by atoms with Crippen molar-refractivity contribution in [1.82, 2.24) is 0 Å². The molecule has 0 unspecified atom stereocenters. The minimum absolute atomic E-state index is 0.0254. The van der Waals surface area contributed by atoms with Crippen molar-refractivity contribution in [3.8, 4) is 0 Å². The third kappa shape index (κ3) is 6.79. The van der Waals surface area contributed by atoms with Crippen molar-refractivity contribution in [2.45, 2.75) is 83.3 Å². The van der Waals surface area contributed by atoms with Crippen LogP contribution < -0.4 is 0 Å². The number of halogens is 1. The van der Waals surface area contributed by atoms with Gasteiger partial charge >= 0.3 is 5.97 Å². The van der Waals surface area contributed by atoms with E-state index < -0.39 is 20.1 Å². The molecule has 1 saturated heterocycles. The molecule has 0 spiro atoms. The molecule has 1 aliphatic heterocycles. The Kier molecular flexibility index (Phi) is 7.90. The summed E-state index contributed by atoms with van der Waals surface area (Å²) in [6, 6.07) is 0. The van der Waals surface area contributed by atoms with Crippen molar-refractivity contribution in [1.29, 1.82) is 0 Å². The summed E-state index contributed by atoms with van der Waals surface area (Å²) in [4.78, 5) is 11.4. The van der Waals surface area contributed by atoms with Crippen molar-refractivity contribution >= 4 is 30.2 Å². The lowest BCUT2D eigenvalue weighted by molar-refractivity contribution is -0.145. The second-order valence-electron chi connectivity index (χ2n) is 8.41. The highest BCUT2D eigenvalue weighted by Gasteiger charge is 2.43. The predicted molar refractivity (Wildman–Crippen MR) is 105 cm³/mol. The Morgan fingerprint density at radius 2 is 1.92 bits per heavy atom. The van der Waals surface area contributed by atoms with Crippen LogP contribution in [0.15, 0.2) is 12.2 Å². The van der Waals surface area contributed by atoms with Gasteiger partial charge in [-0.15, -0.1) is 0 Å². The van der Waals surface area contributed by atoms with Crippen molar-refractivity contribution in [2.24, 2.45) is 0 Å². The van der Waals surface area contributed by atoms with Crippen LogP contribution in [0.5, 0.6) is 0 Å². The number of hydrogen-bond donors (Lipinski definition) is 0. The highest BCUT2D eigenvalue weighted by molar-refractivity contribution is 9.09. The fraction of sp³-hybridized carbons (Fsp3) is 0.833. The number of hydrogen-bond acceptors (Lipinski definition) is 5. The molecule has 0 aromatic rings. The first-order chi connectivity index (χ1) is 11.3. The molecule has 7 heteroatoms. The summed E-state index contributed by atoms with van der Waals surface area (Å²) in [6.45, 7) is 14.9. The molecule has 1 fully saturated rings. The van der Waals surface area contributed by atoms with Gasteiger partial charge in [0, 0.05) is 17.8 Å². The number of carbonyl (C=O) groups excluding carboxylic acids is 1. The Hall–Kier alpha value is -0.213. The molecular formula is C18H33BrO5Si. The van der Waals surface area contributed by atoms with E-state index in [0.29, 0.717) is 6.42 Å². The monoisotopic (exact) mass is 436 g/mol. The first-order valence-corrected chi connectivity index (χ1v) is 12.7. The standard InChI is InChI=1S/C18H33BrO5Si/c1-17(2,3)25(7,8)24-13(12-19)11-15-14(9-10-16(20)21-6)22-18(4,5)23-15/h9-10,13-15H,11-12H2,1-8H3/b10-9+/t13-,14-,15-/m0/s1. The number of alkyl halides is 1. The van der Waals surface area contributed by atoms with Crippen LogP contribution in [0.2, 0.25) is 18.1 Å². The highest BCUT2D eigenvalue weighted by Crippen LogP contribution is 2.39. The lowest BCUT2D eigenvalue weighted by atomic mass is 10.1. The van der Waals surface area contributed by atoms with E-state index >= 15 is 0 Å². The SMILES string of the molecule is COC(=O)/C=C/[C@@H]1OC(C)(C)O[C@H]1C[C@@H](CBr)O[Si](C)(C)C(C)(C)C. The van der Waals surface area contributed by atoms with Crippen LogP contribution in [-0.2, 0) is 23.4 Å². The Morgan fingerprint density at radius 3 is 2.40 bits per heavy atom. The summed E-state index contributed by atoms with van der Waals surface area (Å²) in [5.41, 5.74) is 0. The smallest absolute Gasteiger partial charge is 0.330 e. The predicted octanol–water partition coefficient (Wildman–Crippen LogP) is 4.41. The molecule has 0 aromatic carbocycles. The van der Waals surface area contributed by atoms with Crippen molar-refractivity contribution in [3.63, 3.8) is 0 Å². The quantitative estimate of drug-likeness (QED) is 0.256. The van der Waals surface area contributed by atoms with Gasteiger partial charge in [0.1, 0.15) is 6.10 Å². The number of rotatable bonds is 7. The van der Waals surface area contributed by atoms with Gasteiger partial charge in [0.2, 0.25) is 0 Å². The summed E-state index contributed by atoms with van der Waals surface area (Å²) < 4.78 is 23.1. The van der Waals surface area contributed by atoms with Crippen LogP contribution in [0, 0.1) is 0 Å². The molecule has 1 aliphatic rings. The molecule has 0 aromatic heterocycles. The van der Waals surface area contributed by atoms with Crippen LogP contribution in [0.4, 0.5) is 0 Å². The van der Waals surface area contributed by atoms with Crippen LogP contribution in [0.25, 0.3) is 0 Å². The maximum absolute atomic E-state index is 11.4. The van der Waals surface area contributed by atoms with E-state index in [4.69, 9.17) is 13.9 Å². The number of ether oxygens (including phenoxy) is 3. The zero-order valence-electron chi connectivity index (χ0n) is 16.7. The van der Waals surface area contributed by atoms with E-state index in [0.717, 1.165) is 5.33 Å². The maximum Gasteiger partial charge on any atom is 0.330 e. The van der Waals surface area contributed by atoms with Gasteiger partial charge in [-0.2, -0.15) is 0 Å². The van der Waals surface area contributed by atoms with E-state index in [9.17, 15) is 4.79 Å². The zero-order chi connectivity index (χ0) is 19.5. The van der Waals surface area contributed by atoms with Gasteiger partial charge in [-0.05, 0) is 38.1 Å². The Labute approximate surface area is 161 Å². The van der Waals surface area contributed by atoms with Gasteiger partial charge in [-0.1, -0.05) is 36.7 Å². The van der Waals surface area contributed by atoms with Crippen LogP contribution in [-0.4, -0.2) is 50.8 Å². The molecule has 0 saturated carbocycles. The molecule has 0 amide bonds. The number of methoxy groups -OCH3 is 1. The highest BCUT2D eigenvalue weighted by atomic mass is 79.9. The molecule has 0 radical (unpaired) electrons. The summed E-state index contributed by atoms with van der Waals surface area (Å²) in [7, 11) is -0.524. The van der Waals surface area contributed by atoms with E-state index in [1.165, 1.54) is 13.2 Å². The summed E-state index contributed by atoms with van der Waals surface area (Å²) in [5, 5.41) is 0.872. The van der Waals surface area contributed by atoms with Crippen molar-refractivity contribution in [2.75, 3.05) is 12.4 Å². The van der Waals surface area contributed by atoms with E-state index in [2.05, 4.69) is 54.5 Å². The molecule has 3 atom stereocenters. The topological polar surface area (TPSA) is 54.0 Å². The third-order valence-corrected chi connectivity index (χ3v) is 10.0.